The smallest absolute Gasteiger partial charge is 0.108 e. The number of nitrogens with zero attached hydrogens (tertiary/aromatic N) is 3. The fourth-order valence-electron chi connectivity index (χ4n) is 1.64. The van der Waals surface area contributed by atoms with Crippen molar-refractivity contribution >= 4 is 7.82 Å². The van der Waals surface area contributed by atoms with E-state index in [4.69, 9.17) is 34.9 Å². The Balaban J connectivity index is -0.000000125. The minimum Gasteiger partial charge on any atom is -0.822 e. The summed E-state index contributed by atoms with van der Waals surface area (Å²) in [5, 5.41) is 26.9. The molecule has 11 heteroatoms. The summed E-state index contributed by atoms with van der Waals surface area (Å²) in [6.07, 6.45) is 3.09. The van der Waals surface area contributed by atoms with Gasteiger partial charge in [0.1, 0.15) is 19.6 Å². The molecule has 0 aromatic heterocycles. The Morgan fingerprint density at radius 2 is 0.731 bits per heavy atom. The minimum atomic E-state index is -5.39. The van der Waals surface area contributed by atoms with Crippen molar-refractivity contribution in [2.75, 3.05) is 61.9 Å². The van der Waals surface area contributed by atoms with Crippen molar-refractivity contribution in [3.8, 4) is 0 Å². The van der Waals surface area contributed by atoms with Crippen LogP contribution in [0.25, 0.3) is 0 Å². The Morgan fingerprint density at radius 1 is 0.615 bits per heavy atom. The lowest BCUT2D eigenvalue weighted by atomic mass is 10.4. The number of hydroxylamine groups is 9. The zero-order chi connectivity index (χ0) is 22.2. The van der Waals surface area contributed by atoms with Gasteiger partial charge in [-0.15, -0.1) is 0 Å². The van der Waals surface area contributed by atoms with Crippen LogP contribution in [-0.4, -0.2) is 91.5 Å². The Kier molecular flexibility index (Phi) is 20.4. The van der Waals surface area contributed by atoms with Crippen LogP contribution < -0.4 is 14.7 Å². The van der Waals surface area contributed by atoms with Gasteiger partial charge in [-0.2, -0.15) is 21.8 Å². The highest BCUT2D eigenvalue weighted by molar-refractivity contribution is 7.40. The highest BCUT2D eigenvalue weighted by atomic mass is 31.2. The first-order valence-corrected chi connectivity index (χ1v) is 10.0. The van der Waals surface area contributed by atoms with E-state index in [0.717, 1.165) is 38.9 Å². The third-order valence-electron chi connectivity index (χ3n) is 2.31. The average Bonchev–Trinajstić information content (AvgIpc) is 2.22. The van der Waals surface area contributed by atoms with Gasteiger partial charge in [0, 0.05) is 0 Å². The Bertz CT molecular complexity index is 298. The van der Waals surface area contributed by atoms with Crippen LogP contribution in [0.5, 0.6) is 0 Å². The summed E-state index contributed by atoms with van der Waals surface area (Å²) in [6, 6.07) is 0. The van der Waals surface area contributed by atoms with Crippen molar-refractivity contribution in [1.82, 2.24) is 0 Å². The van der Waals surface area contributed by atoms with Crippen LogP contribution in [0, 0.1) is 0 Å². The van der Waals surface area contributed by atoms with Crippen LogP contribution in [0.4, 0.5) is 0 Å². The van der Waals surface area contributed by atoms with Gasteiger partial charge >= 0.3 is 0 Å². The van der Waals surface area contributed by atoms with E-state index in [9.17, 15) is 0 Å². The first-order valence-electron chi connectivity index (χ1n) is 8.58. The standard InChI is InChI=1S/3C5H14NO.H3O4P/c3*1-4-5-6(2,3)7;1-5(2,3)4/h3*7H,4-5H2,1-3H3;(H3,1,2,3,4)/q3*+1;/p-3. The van der Waals surface area contributed by atoms with Crippen molar-refractivity contribution in [3.05, 3.63) is 0 Å². The normalized spacial score (nSPS) is 12.0. The zero-order valence-corrected chi connectivity index (χ0v) is 18.9. The molecule has 0 rings (SSSR count). The molecular formula is C15H42N3O7P. The molecule has 10 nitrogen and oxygen atoms in total. The maximum atomic E-state index is 8.96. The lowest BCUT2D eigenvalue weighted by Crippen LogP contribution is -2.35. The molecule has 3 N–H and O–H groups in total. The van der Waals surface area contributed by atoms with E-state index in [-0.39, 0.29) is 13.9 Å². The monoisotopic (exact) mass is 407 g/mol. The van der Waals surface area contributed by atoms with E-state index in [1.807, 2.05) is 0 Å². The van der Waals surface area contributed by atoms with E-state index in [2.05, 4.69) is 20.8 Å². The second kappa shape index (κ2) is 15.9. The first kappa shape index (κ1) is 33.5. The molecule has 0 aliphatic carbocycles. The largest absolute Gasteiger partial charge is 0.822 e. The van der Waals surface area contributed by atoms with Crippen LogP contribution in [0.15, 0.2) is 0 Å². The predicted octanol–water partition coefficient (Wildman–Crippen LogP) is -0.239. The maximum absolute atomic E-state index is 8.96. The summed E-state index contributed by atoms with van der Waals surface area (Å²) in [5.74, 6) is 0. The third-order valence-corrected chi connectivity index (χ3v) is 2.31. The molecule has 0 saturated heterocycles. The molecule has 26 heavy (non-hydrogen) atoms. The van der Waals surface area contributed by atoms with Crippen LogP contribution in [0.1, 0.15) is 40.0 Å². The minimum absolute atomic E-state index is 0.0938. The number of hydrogen-bond acceptors (Lipinski definition) is 7. The van der Waals surface area contributed by atoms with E-state index < -0.39 is 7.82 Å². The molecule has 0 amide bonds. The molecule has 0 fully saturated rings. The highest BCUT2D eigenvalue weighted by Gasteiger charge is 2.06. The summed E-state index contributed by atoms with van der Waals surface area (Å²) < 4.78 is 8.83. The van der Waals surface area contributed by atoms with Crippen molar-refractivity contribution < 1.29 is 48.8 Å². The van der Waals surface area contributed by atoms with E-state index in [1.165, 1.54) is 0 Å². The SMILES string of the molecule is CCC[N+](C)(C)O.CCC[N+](C)(C)O.CCC[N+](C)(C)O.O=P([O-])([O-])[O-]. The lowest BCUT2D eigenvalue weighted by molar-refractivity contribution is -1.07. The van der Waals surface area contributed by atoms with Gasteiger partial charge in [0.05, 0.1) is 42.3 Å². The molecular weight excluding hydrogens is 365 g/mol. The lowest BCUT2D eigenvalue weighted by Gasteiger charge is -2.36. The van der Waals surface area contributed by atoms with E-state index in [0.29, 0.717) is 0 Å². The molecule has 0 radical (unpaired) electrons. The Labute approximate surface area is 159 Å². The molecule has 164 valence electrons. The average molecular weight is 407 g/mol. The van der Waals surface area contributed by atoms with Crippen molar-refractivity contribution in [3.63, 3.8) is 0 Å². The number of hydrogen-bond donors (Lipinski definition) is 3. The second-order valence-electron chi connectivity index (χ2n) is 7.48. The van der Waals surface area contributed by atoms with Gasteiger partial charge in [-0.25, -0.2) is 15.6 Å². The molecule has 0 aliphatic heterocycles. The fraction of sp³-hybridized carbons (Fsp3) is 1.00. The predicted molar refractivity (Wildman–Crippen MR) is 94.8 cm³/mol. The van der Waals surface area contributed by atoms with Crippen molar-refractivity contribution in [1.29, 1.82) is 0 Å². The van der Waals surface area contributed by atoms with Crippen LogP contribution in [-0.2, 0) is 4.57 Å². The summed E-state index contributed by atoms with van der Waals surface area (Å²) >= 11 is 0. The third kappa shape index (κ3) is 88.6. The van der Waals surface area contributed by atoms with Gasteiger partial charge in [-0.1, -0.05) is 20.8 Å². The topological polar surface area (TPSA) is 147 Å². The maximum Gasteiger partial charge on any atom is 0.108 e. The Morgan fingerprint density at radius 3 is 0.731 bits per heavy atom. The van der Waals surface area contributed by atoms with Gasteiger partial charge in [-0.3, -0.25) is 0 Å². The van der Waals surface area contributed by atoms with E-state index in [1.54, 1.807) is 42.3 Å². The van der Waals surface area contributed by atoms with E-state index >= 15 is 0 Å². The van der Waals surface area contributed by atoms with Crippen LogP contribution in [0.3, 0.4) is 0 Å². The Hall–Kier alpha value is -0.130. The summed E-state index contributed by atoms with van der Waals surface area (Å²) in [5.41, 5.74) is 0. The van der Waals surface area contributed by atoms with Gasteiger partial charge in [0.25, 0.3) is 0 Å². The van der Waals surface area contributed by atoms with Gasteiger partial charge in [-0.05, 0) is 19.3 Å². The van der Waals surface area contributed by atoms with Gasteiger partial charge in [0.2, 0.25) is 0 Å². The second-order valence-corrected chi connectivity index (χ2v) is 8.38. The van der Waals surface area contributed by atoms with Crippen molar-refractivity contribution in [2.45, 2.75) is 40.0 Å². The highest BCUT2D eigenvalue weighted by Crippen LogP contribution is 2.03. The van der Waals surface area contributed by atoms with Gasteiger partial charge < -0.3 is 19.2 Å². The molecule has 0 unspecified atom stereocenters. The molecule has 0 bridgehead atoms. The first-order chi connectivity index (χ1) is 11.2. The number of quaternary nitrogens is 3. The molecule has 0 aromatic carbocycles. The summed E-state index contributed by atoms with van der Waals surface area (Å²) in [4.78, 5) is 25.6. The molecule has 0 heterocycles. The zero-order valence-electron chi connectivity index (χ0n) is 18.0. The van der Waals surface area contributed by atoms with Crippen LogP contribution in [0.2, 0.25) is 0 Å². The van der Waals surface area contributed by atoms with Gasteiger partial charge in [0.15, 0.2) is 0 Å². The molecule has 0 saturated carbocycles. The fourth-order valence-corrected chi connectivity index (χ4v) is 1.64. The van der Waals surface area contributed by atoms with Crippen LogP contribution >= 0.6 is 7.82 Å². The van der Waals surface area contributed by atoms with Crippen molar-refractivity contribution in [2.24, 2.45) is 0 Å². The molecule has 0 aromatic rings. The summed E-state index contributed by atoms with van der Waals surface area (Å²) in [7, 11) is 5.22. The summed E-state index contributed by atoms with van der Waals surface area (Å²) in [6.45, 7) is 8.66. The molecule has 0 spiro atoms. The number of phosphoric acid groups is 1. The quantitative estimate of drug-likeness (QED) is 0.313. The number of rotatable bonds is 6. The molecule has 0 aliphatic rings. The molecule has 0 atom stereocenters.